The van der Waals surface area contributed by atoms with Crippen molar-refractivity contribution in [1.82, 2.24) is 24.8 Å². The summed E-state index contributed by atoms with van der Waals surface area (Å²) in [5, 5.41) is 10.9. The number of aromatic nitrogens is 4. The first-order valence-corrected chi connectivity index (χ1v) is 14.4. The third-order valence-electron chi connectivity index (χ3n) is 6.22. The van der Waals surface area contributed by atoms with Gasteiger partial charge in [0, 0.05) is 17.1 Å². The minimum Gasteiger partial charge on any atom is -0.406 e. The molecule has 0 bridgehead atoms. The summed E-state index contributed by atoms with van der Waals surface area (Å²) >= 11 is 6.91. The van der Waals surface area contributed by atoms with E-state index >= 15 is 0 Å². The molecule has 2 aromatic heterocycles. The molecule has 0 aliphatic rings. The highest BCUT2D eigenvalue weighted by molar-refractivity contribution is 7.80. The van der Waals surface area contributed by atoms with Gasteiger partial charge in [0.2, 0.25) is 5.11 Å². The van der Waals surface area contributed by atoms with Crippen molar-refractivity contribution in [3.63, 3.8) is 0 Å². The number of benzene rings is 3. The molecule has 0 atom stereocenters. The standard InChI is InChI=1S/C30H26F3N7OS2/c1-19(2)25-13-4-20(3)16-26(25)39-14-15-43-29(39)36-28(42)37-35-17-21-5-7-22(8-6-21)27-34-18-40(38-27)23-9-11-24(12-10-23)41-30(31,32)33/h4-19H,1-3H3,(H,37,42)/b35-17+,36-29?. The summed E-state index contributed by atoms with van der Waals surface area (Å²) < 4.78 is 44.6. The van der Waals surface area contributed by atoms with Gasteiger partial charge >= 0.3 is 6.36 Å². The molecule has 0 spiro atoms. The van der Waals surface area contributed by atoms with Crippen LogP contribution in [0, 0.1) is 6.92 Å². The predicted octanol–water partition coefficient (Wildman–Crippen LogP) is 6.93. The molecule has 5 aromatic rings. The summed E-state index contributed by atoms with van der Waals surface area (Å²) in [5.41, 5.74) is 8.38. The molecule has 43 heavy (non-hydrogen) atoms. The van der Waals surface area contributed by atoms with Crippen LogP contribution in [0.3, 0.4) is 0 Å². The van der Waals surface area contributed by atoms with Gasteiger partial charge in [0.1, 0.15) is 12.1 Å². The van der Waals surface area contributed by atoms with Gasteiger partial charge in [-0.05, 0) is 72.1 Å². The van der Waals surface area contributed by atoms with E-state index in [1.807, 2.05) is 40.4 Å². The lowest BCUT2D eigenvalue weighted by molar-refractivity contribution is -0.274. The molecule has 0 radical (unpaired) electrons. The maximum atomic E-state index is 12.4. The van der Waals surface area contributed by atoms with Crippen molar-refractivity contribution in [2.45, 2.75) is 33.1 Å². The van der Waals surface area contributed by atoms with Gasteiger partial charge < -0.3 is 4.74 Å². The van der Waals surface area contributed by atoms with E-state index in [1.54, 1.807) is 6.21 Å². The summed E-state index contributed by atoms with van der Waals surface area (Å²) in [6, 6.07) is 19.2. The smallest absolute Gasteiger partial charge is 0.406 e. The molecule has 220 valence electrons. The lowest BCUT2D eigenvalue weighted by Crippen LogP contribution is -2.21. The lowest BCUT2D eigenvalue weighted by Gasteiger charge is -2.14. The number of ether oxygens (including phenoxy) is 1. The van der Waals surface area contributed by atoms with Crippen LogP contribution in [-0.2, 0) is 0 Å². The fourth-order valence-corrected chi connectivity index (χ4v) is 5.12. The first-order valence-electron chi connectivity index (χ1n) is 13.1. The van der Waals surface area contributed by atoms with Crippen molar-refractivity contribution in [2.75, 3.05) is 0 Å². The number of thiazole rings is 1. The number of hydrazone groups is 1. The number of aryl methyl sites for hydroxylation is 1. The van der Waals surface area contributed by atoms with Crippen LogP contribution in [0.1, 0.15) is 36.5 Å². The summed E-state index contributed by atoms with van der Waals surface area (Å²) in [6.07, 6.45) is 0.350. The fraction of sp³-hybridized carbons (Fsp3) is 0.167. The number of nitrogens with zero attached hydrogens (tertiary/aromatic N) is 6. The Kier molecular flexibility index (Phi) is 8.83. The van der Waals surface area contributed by atoms with E-state index in [9.17, 15) is 13.2 Å². The van der Waals surface area contributed by atoms with Gasteiger partial charge in [0.25, 0.3) is 0 Å². The number of hydrogen-bond acceptors (Lipinski definition) is 6. The molecule has 0 unspecified atom stereocenters. The zero-order chi connectivity index (χ0) is 30.6. The zero-order valence-electron chi connectivity index (χ0n) is 23.3. The number of rotatable bonds is 7. The highest BCUT2D eigenvalue weighted by Gasteiger charge is 2.31. The third-order valence-corrected chi connectivity index (χ3v) is 7.16. The SMILES string of the molecule is Cc1ccc(C(C)C)c(-n2ccsc2=NC(=S)N/N=C/c2ccc(-c3ncn(-c4ccc(OC(F)(F)F)cc4)n3)cc2)c1. The molecular formula is C30H26F3N7OS2. The largest absolute Gasteiger partial charge is 0.573 e. The van der Waals surface area contributed by atoms with Crippen LogP contribution in [0.25, 0.3) is 22.8 Å². The monoisotopic (exact) mass is 621 g/mol. The minimum atomic E-state index is -4.75. The van der Waals surface area contributed by atoms with E-state index < -0.39 is 6.36 Å². The molecule has 13 heteroatoms. The molecule has 5 rings (SSSR count). The molecule has 2 heterocycles. The molecule has 0 fully saturated rings. The van der Waals surface area contributed by atoms with Crippen molar-refractivity contribution in [2.24, 2.45) is 10.1 Å². The lowest BCUT2D eigenvalue weighted by atomic mass is 9.99. The highest BCUT2D eigenvalue weighted by atomic mass is 32.1. The molecule has 0 saturated carbocycles. The van der Waals surface area contributed by atoms with E-state index in [4.69, 9.17) is 12.2 Å². The number of nitrogens with one attached hydrogen (secondary N) is 1. The molecular weight excluding hydrogens is 596 g/mol. The van der Waals surface area contributed by atoms with Gasteiger partial charge in [-0.3, -0.25) is 9.99 Å². The van der Waals surface area contributed by atoms with Crippen LogP contribution in [0.5, 0.6) is 5.75 Å². The van der Waals surface area contributed by atoms with Crippen molar-refractivity contribution in [1.29, 1.82) is 0 Å². The summed E-state index contributed by atoms with van der Waals surface area (Å²) in [6.45, 7) is 6.39. The summed E-state index contributed by atoms with van der Waals surface area (Å²) in [7, 11) is 0. The van der Waals surface area contributed by atoms with Crippen molar-refractivity contribution in [3.05, 3.63) is 106 Å². The predicted molar refractivity (Wildman–Crippen MR) is 165 cm³/mol. The van der Waals surface area contributed by atoms with Gasteiger partial charge in [-0.2, -0.15) is 10.1 Å². The van der Waals surface area contributed by atoms with Crippen LogP contribution in [0.2, 0.25) is 0 Å². The Hall–Kier alpha value is -4.62. The van der Waals surface area contributed by atoms with Gasteiger partial charge in [0.05, 0.1) is 17.6 Å². The third kappa shape index (κ3) is 7.62. The topological polar surface area (TPSA) is 81.6 Å². The molecule has 0 aliphatic carbocycles. The van der Waals surface area contributed by atoms with Crippen LogP contribution >= 0.6 is 23.6 Å². The Morgan fingerprint density at radius 2 is 1.81 bits per heavy atom. The second-order valence-electron chi connectivity index (χ2n) is 9.74. The summed E-state index contributed by atoms with van der Waals surface area (Å²) in [4.78, 5) is 9.62. The number of hydrogen-bond donors (Lipinski definition) is 1. The molecule has 0 amide bonds. The van der Waals surface area contributed by atoms with E-state index in [0.29, 0.717) is 17.4 Å². The van der Waals surface area contributed by atoms with Gasteiger partial charge in [-0.1, -0.05) is 50.2 Å². The molecule has 1 N–H and O–H groups in total. The average Bonchev–Trinajstić information content (AvgIpc) is 3.63. The first-order chi connectivity index (χ1) is 20.6. The molecule has 0 aliphatic heterocycles. The van der Waals surface area contributed by atoms with Crippen LogP contribution < -0.4 is 15.0 Å². The Morgan fingerprint density at radius 3 is 2.51 bits per heavy atom. The number of halogens is 3. The second-order valence-corrected chi connectivity index (χ2v) is 11.0. The molecule has 0 saturated heterocycles. The van der Waals surface area contributed by atoms with E-state index in [2.05, 4.69) is 69.3 Å². The second kappa shape index (κ2) is 12.7. The Bertz CT molecular complexity index is 1820. The van der Waals surface area contributed by atoms with Gasteiger partial charge in [-0.15, -0.1) is 29.6 Å². The minimum absolute atomic E-state index is 0.232. The van der Waals surface area contributed by atoms with Crippen LogP contribution in [0.15, 0.2) is 94.7 Å². The Labute approximate surface area is 254 Å². The normalized spacial score (nSPS) is 12.3. The molecule has 8 nitrogen and oxygen atoms in total. The van der Waals surface area contributed by atoms with E-state index in [1.165, 1.54) is 52.2 Å². The van der Waals surface area contributed by atoms with Crippen LogP contribution in [-0.4, -0.2) is 37.0 Å². The van der Waals surface area contributed by atoms with Crippen molar-refractivity contribution < 1.29 is 17.9 Å². The zero-order valence-corrected chi connectivity index (χ0v) is 24.9. The van der Waals surface area contributed by atoms with E-state index in [-0.39, 0.29) is 10.9 Å². The van der Waals surface area contributed by atoms with Gasteiger partial charge in [0.15, 0.2) is 10.6 Å². The quantitative estimate of drug-likeness (QED) is 0.121. The highest BCUT2D eigenvalue weighted by Crippen LogP contribution is 2.25. The van der Waals surface area contributed by atoms with Crippen LogP contribution in [0.4, 0.5) is 13.2 Å². The maximum absolute atomic E-state index is 12.4. The summed E-state index contributed by atoms with van der Waals surface area (Å²) in [5.74, 6) is 0.497. The van der Waals surface area contributed by atoms with Crippen molar-refractivity contribution in [3.8, 4) is 28.5 Å². The maximum Gasteiger partial charge on any atom is 0.573 e. The van der Waals surface area contributed by atoms with E-state index in [0.717, 1.165) is 27.2 Å². The Morgan fingerprint density at radius 1 is 1.07 bits per heavy atom. The Balaban J connectivity index is 1.23. The molecule has 3 aromatic carbocycles. The fourth-order valence-electron chi connectivity index (χ4n) is 4.20. The number of alkyl halides is 3. The average molecular weight is 622 g/mol. The first kappa shape index (κ1) is 29.9. The van der Waals surface area contributed by atoms with Crippen molar-refractivity contribution >= 4 is 34.9 Å². The number of thiocarbonyl (C=S) groups is 1. The van der Waals surface area contributed by atoms with Gasteiger partial charge in [-0.25, -0.2) is 9.67 Å².